The molecule has 150 valence electrons. The third-order valence-corrected chi connectivity index (χ3v) is 5.04. The van der Waals surface area contributed by atoms with Crippen LogP contribution in [0.15, 0.2) is 48.5 Å². The number of carbonyl (C=O) groups is 2. The second-order valence-electron chi connectivity index (χ2n) is 7.23. The number of rotatable bonds is 8. The fourth-order valence-electron chi connectivity index (χ4n) is 2.73. The highest BCUT2D eigenvalue weighted by Crippen LogP contribution is 2.19. The molecule has 0 heterocycles. The standard InChI is InChI=1S/C22H26Cl2N2O2/c1-15(2)13-25-22(28)16(3)26(14-17-8-10-19(23)11-9-17)21(27)12-18-6-4-5-7-20(18)24/h4-11,15-16H,12-14H2,1-3H3,(H,25,28). The lowest BCUT2D eigenvalue weighted by Crippen LogP contribution is -2.48. The van der Waals surface area contributed by atoms with Crippen LogP contribution in [-0.4, -0.2) is 29.3 Å². The van der Waals surface area contributed by atoms with Crippen molar-refractivity contribution in [2.45, 2.75) is 39.8 Å². The zero-order valence-corrected chi connectivity index (χ0v) is 17.9. The van der Waals surface area contributed by atoms with Crippen LogP contribution in [0.3, 0.4) is 0 Å². The van der Waals surface area contributed by atoms with E-state index < -0.39 is 6.04 Å². The summed E-state index contributed by atoms with van der Waals surface area (Å²) < 4.78 is 0. The first kappa shape index (κ1) is 22.3. The van der Waals surface area contributed by atoms with Crippen LogP contribution in [0.1, 0.15) is 31.9 Å². The van der Waals surface area contributed by atoms with E-state index in [2.05, 4.69) is 5.32 Å². The molecular formula is C22H26Cl2N2O2. The number of nitrogens with one attached hydrogen (secondary N) is 1. The third-order valence-electron chi connectivity index (χ3n) is 4.42. The van der Waals surface area contributed by atoms with Crippen LogP contribution in [0.5, 0.6) is 0 Å². The lowest BCUT2D eigenvalue weighted by Gasteiger charge is -2.29. The van der Waals surface area contributed by atoms with Gasteiger partial charge in [-0.05, 0) is 42.2 Å². The van der Waals surface area contributed by atoms with E-state index >= 15 is 0 Å². The zero-order valence-electron chi connectivity index (χ0n) is 16.4. The molecule has 28 heavy (non-hydrogen) atoms. The molecule has 0 saturated carbocycles. The van der Waals surface area contributed by atoms with Gasteiger partial charge in [-0.1, -0.05) is 67.4 Å². The van der Waals surface area contributed by atoms with Crippen molar-refractivity contribution in [3.63, 3.8) is 0 Å². The molecule has 2 aromatic rings. The van der Waals surface area contributed by atoms with Crippen molar-refractivity contribution in [2.75, 3.05) is 6.54 Å². The summed E-state index contributed by atoms with van der Waals surface area (Å²) in [6.45, 7) is 6.68. The summed E-state index contributed by atoms with van der Waals surface area (Å²) in [6.07, 6.45) is 0.134. The number of hydrogen-bond donors (Lipinski definition) is 1. The van der Waals surface area contributed by atoms with Crippen molar-refractivity contribution >= 4 is 35.0 Å². The number of nitrogens with zero attached hydrogens (tertiary/aromatic N) is 1. The SMILES string of the molecule is CC(C)CNC(=O)C(C)N(Cc1ccc(Cl)cc1)C(=O)Cc1ccccc1Cl. The summed E-state index contributed by atoms with van der Waals surface area (Å²) in [6, 6.07) is 13.9. The number of benzene rings is 2. The average molecular weight is 421 g/mol. The van der Waals surface area contributed by atoms with Crippen molar-refractivity contribution < 1.29 is 9.59 Å². The lowest BCUT2D eigenvalue weighted by atomic mass is 10.1. The first-order valence-electron chi connectivity index (χ1n) is 9.33. The maximum absolute atomic E-state index is 13.1. The molecule has 2 amide bonds. The van der Waals surface area contributed by atoms with Gasteiger partial charge in [0.15, 0.2) is 0 Å². The second-order valence-corrected chi connectivity index (χ2v) is 8.07. The zero-order chi connectivity index (χ0) is 20.7. The second kappa shape index (κ2) is 10.5. The molecule has 0 bridgehead atoms. The molecule has 6 heteroatoms. The Kier molecular flexibility index (Phi) is 8.34. The van der Waals surface area contributed by atoms with Crippen molar-refractivity contribution in [1.82, 2.24) is 10.2 Å². The van der Waals surface area contributed by atoms with Gasteiger partial charge in [-0.2, -0.15) is 0 Å². The topological polar surface area (TPSA) is 49.4 Å². The molecule has 0 radical (unpaired) electrons. The molecule has 0 fully saturated rings. The molecule has 2 aromatic carbocycles. The van der Waals surface area contributed by atoms with Crippen LogP contribution in [0.4, 0.5) is 0 Å². The first-order chi connectivity index (χ1) is 13.3. The van der Waals surface area contributed by atoms with Crippen molar-refractivity contribution in [1.29, 1.82) is 0 Å². The van der Waals surface area contributed by atoms with Crippen LogP contribution in [-0.2, 0) is 22.6 Å². The van der Waals surface area contributed by atoms with Crippen LogP contribution < -0.4 is 5.32 Å². The van der Waals surface area contributed by atoms with Gasteiger partial charge in [0.05, 0.1) is 6.42 Å². The number of halogens is 2. The van der Waals surface area contributed by atoms with E-state index in [4.69, 9.17) is 23.2 Å². The van der Waals surface area contributed by atoms with E-state index in [1.54, 1.807) is 30.0 Å². The average Bonchev–Trinajstić information content (AvgIpc) is 2.66. The maximum atomic E-state index is 13.1. The quantitative estimate of drug-likeness (QED) is 0.670. The molecule has 1 unspecified atom stereocenters. The fourth-order valence-corrected chi connectivity index (χ4v) is 3.06. The van der Waals surface area contributed by atoms with Crippen LogP contribution in [0.25, 0.3) is 0 Å². The lowest BCUT2D eigenvalue weighted by molar-refractivity contribution is -0.140. The maximum Gasteiger partial charge on any atom is 0.242 e. The Hall–Kier alpha value is -2.04. The molecule has 0 aliphatic rings. The Morgan fingerprint density at radius 3 is 2.25 bits per heavy atom. The minimum Gasteiger partial charge on any atom is -0.354 e. The molecule has 0 aliphatic carbocycles. The van der Waals surface area contributed by atoms with E-state index in [9.17, 15) is 9.59 Å². The van der Waals surface area contributed by atoms with Gasteiger partial charge in [0.1, 0.15) is 6.04 Å². The highest BCUT2D eigenvalue weighted by molar-refractivity contribution is 6.31. The molecular weight excluding hydrogens is 395 g/mol. The largest absolute Gasteiger partial charge is 0.354 e. The Balaban J connectivity index is 2.21. The van der Waals surface area contributed by atoms with Crippen LogP contribution >= 0.6 is 23.2 Å². The normalized spacial score (nSPS) is 11.9. The van der Waals surface area contributed by atoms with Crippen molar-refractivity contribution in [2.24, 2.45) is 5.92 Å². The van der Waals surface area contributed by atoms with Gasteiger partial charge in [-0.3, -0.25) is 9.59 Å². The predicted molar refractivity (Wildman–Crippen MR) is 114 cm³/mol. The van der Waals surface area contributed by atoms with E-state index in [-0.39, 0.29) is 18.2 Å². The van der Waals surface area contributed by atoms with Gasteiger partial charge in [-0.25, -0.2) is 0 Å². The molecule has 0 saturated heterocycles. The van der Waals surface area contributed by atoms with Crippen molar-refractivity contribution in [3.8, 4) is 0 Å². The summed E-state index contributed by atoms with van der Waals surface area (Å²) in [4.78, 5) is 27.3. The van der Waals surface area contributed by atoms with E-state index in [0.29, 0.717) is 29.1 Å². The number of hydrogen-bond acceptors (Lipinski definition) is 2. The van der Waals surface area contributed by atoms with Crippen LogP contribution in [0, 0.1) is 5.92 Å². The Bertz CT molecular complexity index is 806. The molecule has 4 nitrogen and oxygen atoms in total. The van der Waals surface area contributed by atoms with Gasteiger partial charge in [-0.15, -0.1) is 0 Å². The number of carbonyl (C=O) groups excluding carboxylic acids is 2. The van der Waals surface area contributed by atoms with E-state index in [1.165, 1.54) is 0 Å². The van der Waals surface area contributed by atoms with Crippen molar-refractivity contribution in [3.05, 3.63) is 69.7 Å². The summed E-state index contributed by atoms with van der Waals surface area (Å²) in [5, 5.41) is 4.07. The highest BCUT2D eigenvalue weighted by Gasteiger charge is 2.26. The third kappa shape index (κ3) is 6.54. The molecule has 0 aliphatic heterocycles. The molecule has 1 atom stereocenters. The summed E-state index contributed by atoms with van der Waals surface area (Å²) >= 11 is 12.2. The number of amides is 2. The minimum absolute atomic E-state index is 0.134. The van der Waals surface area contributed by atoms with Gasteiger partial charge >= 0.3 is 0 Å². The van der Waals surface area contributed by atoms with Gasteiger partial charge in [0.25, 0.3) is 0 Å². The smallest absolute Gasteiger partial charge is 0.242 e. The van der Waals surface area contributed by atoms with Gasteiger partial charge < -0.3 is 10.2 Å². The highest BCUT2D eigenvalue weighted by atomic mass is 35.5. The summed E-state index contributed by atoms with van der Waals surface area (Å²) in [7, 11) is 0. The summed E-state index contributed by atoms with van der Waals surface area (Å²) in [5.74, 6) is 0.00473. The fraction of sp³-hybridized carbons (Fsp3) is 0.364. The monoisotopic (exact) mass is 420 g/mol. The van der Waals surface area contributed by atoms with E-state index in [1.807, 2.05) is 44.2 Å². The Morgan fingerprint density at radius 2 is 1.64 bits per heavy atom. The molecule has 2 rings (SSSR count). The Labute approximate surface area is 176 Å². The molecule has 1 N–H and O–H groups in total. The first-order valence-corrected chi connectivity index (χ1v) is 10.1. The predicted octanol–water partition coefficient (Wildman–Crippen LogP) is 4.73. The molecule has 0 spiro atoms. The Morgan fingerprint density at radius 1 is 1.00 bits per heavy atom. The van der Waals surface area contributed by atoms with Gasteiger partial charge in [0.2, 0.25) is 11.8 Å². The minimum atomic E-state index is -0.607. The van der Waals surface area contributed by atoms with Crippen LogP contribution in [0.2, 0.25) is 10.0 Å². The van der Waals surface area contributed by atoms with Gasteiger partial charge in [0, 0.05) is 23.1 Å². The molecule has 0 aromatic heterocycles. The summed E-state index contributed by atoms with van der Waals surface area (Å²) in [5.41, 5.74) is 1.64. The van der Waals surface area contributed by atoms with E-state index in [0.717, 1.165) is 11.1 Å².